The summed E-state index contributed by atoms with van der Waals surface area (Å²) in [6.07, 6.45) is 0.758. The molecule has 35 heavy (non-hydrogen) atoms. The standard InChI is InChI=1S/C31H24O3S/c1-19-6-3-7-23-16-28-21(8-4-10-24(28)15-26(19)23)14-22-9-5-11-25-17-30-27(18-29(22)25)20(2)12-13-31(30)35(32,33)34/h3-13,15-18H,14H2,1-2H3,(H,32,33,34). The van der Waals surface area contributed by atoms with Gasteiger partial charge in [-0.15, -0.1) is 0 Å². The largest absolute Gasteiger partial charge is 0.295 e. The van der Waals surface area contributed by atoms with Crippen molar-refractivity contribution >= 4 is 53.2 Å². The molecular weight excluding hydrogens is 452 g/mol. The van der Waals surface area contributed by atoms with Crippen LogP contribution < -0.4 is 0 Å². The van der Waals surface area contributed by atoms with Gasteiger partial charge in [0, 0.05) is 5.39 Å². The molecule has 6 rings (SSSR count). The van der Waals surface area contributed by atoms with Gasteiger partial charge in [-0.05, 0) is 111 Å². The zero-order valence-electron chi connectivity index (χ0n) is 19.5. The molecule has 172 valence electrons. The van der Waals surface area contributed by atoms with Crippen LogP contribution in [0.15, 0.2) is 95.9 Å². The van der Waals surface area contributed by atoms with Crippen molar-refractivity contribution in [3.8, 4) is 0 Å². The van der Waals surface area contributed by atoms with E-state index in [1.807, 2.05) is 25.1 Å². The van der Waals surface area contributed by atoms with Gasteiger partial charge in [-0.25, -0.2) is 0 Å². The molecule has 0 fully saturated rings. The summed E-state index contributed by atoms with van der Waals surface area (Å²) in [5.41, 5.74) is 4.67. The summed E-state index contributed by atoms with van der Waals surface area (Å²) in [5, 5.41) is 8.40. The predicted octanol–water partition coefficient (Wildman–Crippen LogP) is 7.75. The predicted molar refractivity (Wildman–Crippen MR) is 145 cm³/mol. The van der Waals surface area contributed by atoms with Crippen molar-refractivity contribution in [2.24, 2.45) is 0 Å². The summed E-state index contributed by atoms with van der Waals surface area (Å²) in [7, 11) is -4.32. The molecule has 0 aliphatic rings. The highest BCUT2D eigenvalue weighted by molar-refractivity contribution is 7.86. The highest BCUT2D eigenvalue weighted by Crippen LogP contribution is 2.34. The first-order valence-corrected chi connectivity index (χ1v) is 13.1. The molecule has 3 nitrogen and oxygen atoms in total. The van der Waals surface area contributed by atoms with E-state index in [0.29, 0.717) is 5.39 Å². The summed E-state index contributed by atoms with van der Waals surface area (Å²) in [6, 6.07) is 30.8. The second kappa shape index (κ2) is 7.91. The molecule has 0 atom stereocenters. The number of aryl methyl sites for hydroxylation is 2. The summed E-state index contributed by atoms with van der Waals surface area (Å²) in [4.78, 5) is -0.0540. The van der Waals surface area contributed by atoms with Gasteiger partial charge in [-0.2, -0.15) is 8.42 Å². The van der Waals surface area contributed by atoms with E-state index in [0.717, 1.165) is 28.1 Å². The lowest BCUT2D eigenvalue weighted by Gasteiger charge is -2.14. The first-order chi connectivity index (χ1) is 16.8. The summed E-state index contributed by atoms with van der Waals surface area (Å²) < 4.78 is 33.8. The minimum atomic E-state index is -4.32. The normalized spacial score (nSPS) is 12.2. The smallest absolute Gasteiger partial charge is 0.282 e. The highest BCUT2D eigenvalue weighted by Gasteiger charge is 2.16. The van der Waals surface area contributed by atoms with Gasteiger partial charge in [-0.1, -0.05) is 60.7 Å². The third-order valence-electron chi connectivity index (χ3n) is 7.13. The average molecular weight is 477 g/mol. The summed E-state index contributed by atoms with van der Waals surface area (Å²) >= 11 is 0. The SMILES string of the molecule is Cc1cccc2cc3c(Cc4cccc5cc6c(S(=O)(=O)O)ccc(C)c6cc45)cccc3cc12. The van der Waals surface area contributed by atoms with Gasteiger partial charge in [0.1, 0.15) is 4.90 Å². The molecule has 0 aromatic heterocycles. The van der Waals surface area contributed by atoms with Crippen LogP contribution >= 0.6 is 0 Å². The number of benzene rings is 6. The van der Waals surface area contributed by atoms with E-state index in [2.05, 4.69) is 67.6 Å². The quantitative estimate of drug-likeness (QED) is 0.210. The van der Waals surface area contributed by atoms with Crippen molar-refractivity contribution in [2.75, 3.05) is 0 Å². The van der Waals surface area contributed by atoms with Gasteiger partial charge in [-0.3, -0.25) is 4.55 Å². The monoisotopic (exact) mass is 476 g/mol. The van der Waals surface area contributed by atoms with Crippen molar-refractivity contribution in [2.45, 2.75) is 25.2 Å². The number of hydrogen-bond acceptors (Lipinski definition) is 2. The molecule has 0 heterocycles. The fourth-order valence-electron chi connectivity index (χ4n) is 5.31. The maximum Gasteiger partial charge on any atom is 0.295 e. The van der Waals surface area contributed by atoms with Crippen LogP contribution in [-0.4, -0.2) is 13.0 Å². The maximum absolute atomic E-state index is 12.0. The molecule has 0 radical (unpaired) electrons. The van der Waals surface area contributed by atoms with Crippen LogP contribution in [0.1, 0.15) is 22.3 Å². The molecule has 0 spiro atoms. The Hall–Kier alpha value is -3.73. The van der Waals surface area contributed by atoms with Gasteiger partial charge in [0.15, 0.2) is 0 Å². The fraction of sp³-hybridized carbons (Fsp3) is 0.0968. The Labute approximate surface area is 204 Å². The van der Waals surface area contributed by atoms with Gasteiger partial charge >= 0.3 is 0 Å². The Bertz CT molecular complexity index is 1920. The molecule has 6 aromatic carbocycles. The molecule has 0 aliphatic carbocycles. The number of rotatable bonds is 3. The minimum absolute atomic E-state index is 0.0540. The van der Waals surface area contributed by atoms with Crippen LogP contribution in [0, 0.1) is 13.8 Å². The van der Waals surface area contributed by atoms with E-state index in [9.17, 15) is 13.0 Å². The molecule has 0 bridgehead atoms. The van der Waals surface area contributed by atoms with Crippen LogP contribution in [0.25, 0.3) is 43.1 Å². The highest BCUT2D eigenvalue weighted by atomic mass is 32.2. The Morgan fingerprint density at radius 1 is 0.571 bits per heavy atom. The second-order valence-corrected chi connectivity index (χ2v) is 10.7. The van der Waals surface area contributed by atoms with E-state index in [-0.39, 0.29) is 4.90 Å². The Morgan fingerprint density at radius 3 is 1.74 bits per heavy atom. The van der Waals surface area contributed by atoms with Gasteiger partial charge in [0.2, 0.25) is 0 Å². The molecule has 0 saturated carbocycles. The molecule has 0 saturated heterocycles. The third-order valence-corrected chi connectivity index (χ3v) is 8.04. The van der Waals surface area contributed by atoms with Crippen LogP contribution in [0.5, 0.6) is 0 Å². The molecule has 0 amide bonds. The van der Waals surface area contributed by atoms with Gasteiger partial charge < -0.3 is 0 Å². The summed E-state index contributed by atoms with van der Waals surface area (Å²) in [6.45, 7) is 4.11. The van der Waals surface area contributed by atoms with E-state index < -0.39 is 10.1 Å². The van der Waals surface area contributed by atoms with Crippen molar-refractivity contribution in [3.63, 3.8) is 0 Å². The zero-order chi connectivity index (χ0) is 24.3. The molecule has 0 aliphatic heterocycles. The van der Waals surface area contributed by atoms with Crippen molar-refractivity contribution in [1.29, 1.82) is 0 Å². The maximum atomic E-state index is 12.0. The van der Waals surface area contributed by atoms with Crippen LogP contribution in [-0.2, 0) is 16.5 Å². The van der Waals surface area contributed by atoms with Crippen LogP contribution in [0.3, 0.4) is 0 Å². The third kappa shape index (κ3) is 3.66. The zero-order valence-corrected chi connectivity index (χ0v) is 20.4. The lowest BCUT2D eigenvalue weighted by Crippen LogP contribution is -2.00. The molecule has 0 unspecified atom stereocenters. The van der Waals surface area contributed by atoms with Gasteiger partial charge in [0.25, 0.3) is 10.1 Å². The van der Waals surface area contributed by atoms with Crippen LogP contribution in [0.4, 0.5) is 0 Å². The average Bonchev–Trinajstić information content (AvgIpc) is 2.82. The van der Waals surface area contributed by atoms with E-state index in [1.165, 1.54) is 44.3 Å². The molecule has 6 aromatic rings. The van der Waals surface area contributed by atoms with Gasteiger partial charge in [0.05, 0.1) is 0 Å². The lowest BCUT2D eigenvalue weighted by atomic mass is 9.91. The Morgan fingerprint density at radius 2 is 1.09 bits per heavy atom. The van der Waals surface area contributed by atoms with Crippen molar-refractivity contribution < 1.29 is 13.0 Å². The van der Waals surface area contributed by atoms with E-state index in [4.69, 9.17) is 0 Å². The Kier molecular flexibility index (Phi) is 4.92. The first kappa shape index (κ1) is 21.8. The molecule has 4 heteroatoms. The fourth-order valence-corrected chi connectivity index (χ4v) is 6.00. The van der Waals surface area contributed by atoms with Crippen molar-refractivity contribution in [3.05, 3.63) is 113 Å². The summed E-state index contributed by atoms with van der Waals surface area (Å²) in [5.74, 6) is 0. The second-order valence-electron chi connectivity index (χ2n) is 9.36. The lowest BCUT2D eigenvalue weighted by molar-refractivity contribution is 0.484. The van der Waals surface area contributed by atoms with E-state index in [1.54, 1.807) is 6.07 Å². The Balaban J connectivity index is 1.56. The topological polar surface area (TPSA) is 54.4 Å². The first-order valence-electron chi connectivity index (χ1n) is 11.6. The van der Waals surface area contributed by atoms with E-state index >= 15 is 0 Å². The molecular formula is C31H24O3S. The van der Waals surface area contributed by atoms with Crippen molar-refractivity contribution in [1.82, 2.24) is 0 Å². The number of fused-ring (bicyclic) bond motifs is 4. The minimum Gasteiger partial charge on any atom is -0.282 e. The number of hydrogen-bond donors (Lipinski definition) is 1. The van der Waals surface area contributed by atoms with Crippen LogP contribution in [0.2, 0.25) is 0 Å². The molecule has 1 N–H and O–H groups in total.